The fraction of sp³-hybridized carbons (Fsp3) is 0.400. The van der Waals surface area contributed by atoms with Crippen molar-refractivity contribution >= 4 is 12.4 Å². The van der Waals surface area contributed by atoms with Crippen molar-refractivity contribution in [3.05, 3.63) is 53.4 Å². The molecule has 0 atom stereocenters. The topological polar surface area (TPSA) is 29.9 Å². The minimum atomic E-state index is -0.811. The van der Waals surface area contributed by atoms with E-state index in [9.17, 15) is 8.78 Å². The molecule has 0 fully saturated rings. The molecule has 0 aliphatic heterocycles. The van der Waals surface area contributed by atoms with Gasteiger partial charge in [0.15, 0.2) is 11.6 Å². The van der Waals surface area contributed by atoms with Crippen LogP contribution in [0.25, 0.3) is 0 Å². The third kappa shape index (κ3) is 5.10. The third-order valence-electron chi connectivity index (χ3n) is 2.92. The van der Waals surface area contributed by atoms with E-state index in [0.717, 1.165) is 18.2 Å². The second kappa shape index (κ2) is 8.10. The van der Waals surface area contributed by atoms with Gasteiger partial charge < -0.3 is 5.32 Å². The van der Waals surface area contributed by atoms with Gasteiger partial charge in [-0.15, -0.1) is 12.4 Å². The van der Waals surface area contributed by atoms with E-state index in [0.29, 0.717) is 24.6 Å². The summed E-state index contributed by atoms with van der Waals surface area (Å²) in [6.45, 7) is 6.00. The lowest BCUT2D eigenvalue weighted by Crippen LogP contribution is -2.14. The van der Waals surface area contributed by atoms with E-state index in [1.807, 2.05) is 10.9 Å². The van der Waals surface area contributed by atoms with Crippen LogP contribution >= 0.6 is 12.4 Å². The van der Waals surface area contributed by atoms with Crippen LogP contribution in [0.5, 0.6) is 0 Å². The van der Waals surface area contributed by atoms with E-state index in [4.69, 9.17) is 0 Å². The lowest BCUT2D eigenvalue weighted by Gasteiger charge is -2.05. The summed E-state index contributed by atoms with van der Waals surface area (Å²) in [7, 11) is 0. The first kappa shape index (κ1) is 17.6. The Morgan fingerprint density at radius 3 is 2.71 bits per heavy atom. The largest absolute Gasteiger partial charge is 0.308 e. The molecule has 0 spiro atoms. The second-order valence-corrected chi connectivity index (χ2v) is 5.28. The maximum Gasteiger partial charge on any atom is 0.163 e. The summed E-state index contributed by atoms with van der Waals surface area (Å²) in [5, 5.41) is 7.35. The maximum atomic E-state index is 13.4. The standard InChI is InChI=1S/C15H19F2N3.ClH/c1-11(2)9-20-10-12(7-19-20)6-18-8-13-4-3-5-14(16)15(13)17;/h3-5,7,10-11,18H,6,8-9H2,1-2H3;1H. The van der Waals surface area contributed by atoms with E-state index in [-0.39, 0.29) is 12.4 Å². The maximum absolute atomic E-state index is 13.4. The molecule has 116 valence electrons. The predicted molar refractivity (Wildman–Crippen MR) is 81.2 cm³/mol. The van der Waals surface area contributed by atoms with Crippen LogP contribution in [0.1, 0.15) is 25.0 Å². The average Bonchev–Trinajstić information content (AvgIpc) is 2.81. The van der Waals surface area contributed by atoms with E-state index in [2.05, 4.69) is 24.3 Å². The Bertz CT molecular complexity index is 570. The first-order chi connectivity index (χ1) is 9.56. The van der Waals surface area contributed by atoms with Crippen LogP contribution in [0, 0.1) is 17.6 Å². The predicted octanol–water partition coefficient (Wildman–Crippen LogP) is 3.53. The number of hydrogen-bond acceptors (Lipinski definition) is 2. The monoisotopic (exact) mass is 315 g/mol. The second-order valence-electron chi connectivity index (χ2n) is 5.28. The van der Waals surface area contributed by atoms with Gasteiger partial charge in [-0.2, -0.15) is 5.10 Å². The Hall–Kier alpha value is -1.46. The van der Waals surface area contributed by atoms with Gasteiger partial charge in [0.1, 0.15) is 0 Å². The van der Waals surface area contributed by atoms with Gasteiger partial charge in [0.05, 0.1) is 6.20 Å². The molecule has 0 unspecified atom stereocenters. The van der Waals surface area contributed by atoms with Crippen molar-refractivity contribution in [1.29, 1.82) is 0 Å². The summed E-state index contributed by atoms with van der Waals surface area (Å²) >= 11 is 0. The Kier molecular flexibility index (Phi) is 6.78. The minimum absolute atomic E-state index is 0. The number of benzene rings is 1. The number of nitrogens with zero attached hydrogens (tertiary/aromatic N) is 2. The van der Waals surface area contributed by atoms with Crippen LogP contribution in [0.4, 0.5) is 8.78 Å². The van der Waals surface area contributed by atoms with Crippen LogP contribution in [0.2, 0.25) is 0 Å². The minimum Gasteiger partial charge on any atom is -0.308 e. The zero-order valence-electron chi connectivity index (χ0n) is 12.1. The molecular formula is C15H20ClF2N3. The molecule has 1 aromatic heterocycles. The number of aromatic nitrogens is 2. The molecule has 2 aromatic rings. The highest BCUT2D eigenvalue weighted by atomic mass is 35.5. The molecule has 0 amide bonds. The molecule has 0 saturated carbocycles. The van der Waals surface area contributed by atoms with Crippen molar-refractivity contribution in [3.8, 4) is 0 Å². The van der Waals surface area contributed by atoms with Crippen molar-refractivity contribution in [3.63, 3.8) is 0 Å². The van der Waals surface area contributed by atoms with Gasteiger partial charge in [0, 0.05) is 37.0 Å². The van der Waals surface area contributed by atoms with Crippen LogP contribution < -0.4 is 5.32 Å². The summed E-state index contributed by atoms with van der Waals surface area (Å²) in [6, 6.07) is 4.21. The quantitative estimate of drug-likeness (QED) is 0.884. The highest BCUT2D eigenvalue weighted by Gasteiger charge is 2.07. The molecule has 3 nitrogen and oxygen atoms in total. The van der Waals surface area contributed by atoms with Crippen LogP contribution in [0.15, 0.2) is 30.6 Å². The SMILES string of the molecule is CC(C)Cn1cc(CNCc2cccc(F)c2F)cn1.Cl. The summed E-state index contributed by atoms with van der Waals surface area (Å²) in [5.74, 6) is -1.05. The molecule has 0 aliphatic carbocycles. The Morgan fingerprint density at radius 1 is 1.24 bits per heavy atom. The third-order valence-corrected chi connectivity index (χ3v) is 2.92. The Balaban J connectivity index is 0.00000220. The van der Waals surface area contributed by atoms with Gasteiger partial charge in [-0.3, -0.25) is 4.68 Å². The molecule has 1 heterocycles. The van der Waals surface area contributed by atoms with Crippen molar-refractivity contribution in [2.24, 2.45) is 5.92 Å². The van der Waals surface area contributed by atoms with Crippen molar-refractivity contribution in [1.82, 2.24) is 15.1 Å². The molecule has 0 saturated heterocycles. The van der Waals surface area contributed by atoms with Crippen LogP contribution in [-0.2, 0) is 19.6 Å². The van der Waals surface area contributed by atoms with Crippen molar-refractivity contribution in [2.45, 2.75) is 33.5 Å². The van der Waals surface area contributed by atoms with Gasteiger partial charge in [0.25, 0.3) is 0 Å². The molecule has 0 radical (unpaired) electrons. The highest BCUT2D eigenvalue weighted by Crippen LogP contribution is 2.11. The smallest absolute Gasteiger partial charge is 0.163 e. The molecule has 6 heteroatoms. The van der Waals surface area contributed by atoms with Crippen LogP contribution in [0.3, 0.4) is 0 Å². The fourth-order valence-corrected chi connectivity index (χ4v) is 2.00. The summed E-state index contributed by atoms with van der Waals surface area (Å²) in [5.41, 5.74) is 1.36. The average molecular weight is 316 g/mol. The number of rotatable bonds is 6. The first-order valence-electron chi connectivity index (χ1n) is 6.71. The molecule has 0 aliphatic rings. The molecule has 1 N–H and O–H groups in total. The number of nitrogens with one attached hydrogen (secondary N) is 1. The zero-order valence-corrected chi connectivity index (χ0v) is 13.0. The van der Waals surface area contributed by atoms with Gasteiger partial charge in [-0.25, -0.2) is 8.78 Å². The number of hydrogen-bond donors (Lipinski definition) is 1. The Labute approximate surface area is 129 Å². The first-order valence-corrected chi connectivity index (χ1v) is 6.71. The highest BCUT2D eigenvalue weighted by molar-refractivity contribution is 5.85. The van der Waals surface area contributed by atoms with Gasteiger partial charge in [-0.05, 0) is 12.0 Å². The van der Waals surface area contributed by atoms with Gasteiger partial charge in [0.2, 0.25) is 0 Å². The van der Waals surface area contributed by atoms with E-state index >= 15 is 0 Å². The zero-order chi connectivity index (χ0) is 14.5. The summed E-state index contributed by atoms with van der Waals surface area (Å²) in [6.07, 6.45) is 3.76. The molecular weight excluding hydrogens is 296 g/mol. The number of halogens is 3. The molecule has 1 aromatic carbocycles. The Morgan fingerprint density at radius 2 is 2.00 bits per heavy atom. The van der Waals surface area contributed by atoms with Gasteiger partial charge in [-0.1, -0.05) is 26.0 Å². The van der Waals surface area contributed by atoms with E-state index in [1.165, 1.54) is 6.07 Å². The lowest BCUT2D eigenvalue weighted by molar-refractivity contribution is 0.482. The molecule has 21 heavy (non-hydrogen) atoms. The summed E-state index contributed by atoms with van der Waals surface area (Å²) < 4.78 is 28.4. The fourth-order valence-electron chi connectivity index (χ4n) is 2.00. The normalized spacial score (nSPS) is 10.7. The summed E-state index contributed by atoms with van der Waals surface area (Å²) in [4.78, 5) is 0. The lowest BCUT2D eigenvalue weighted by atomic mass is 10.2. The van der Waals surface area contributed by atoms with E-state index < -0.39 is 11.6 Å². The van der Waals surface area contributed by atoms with E-state index in [1.54, 1.807) is 12.3 Å². The molecule has 0 bridgehead atoms. The van der Waals surface area contributed by atoms with Crippen molar-refractivity contribution < 1.29 is 8.78 Å². The van der Waals surface area contributed by atoms with Crippen LogP contribution in [-0.4, -0.2) is 9.78 Å². The van der Waals surface area contributed by atoms with Crippen molar-refractivity contribution in [2.75, 3.05) is 0 Å². The molecule has 2 rings (SSSR count). The van der Waals surface area contributed by atoms with Gasteiger partial charge >= 0.3 is 0 Å².